The van der Waals surface area contributed by atoms with E-state index in [-0.39, 0.29) is 10.9 Å². The second-order valence-electron chi connectivity index (χ2n) is 4.15. The summed E-state index contributed by atoms with van der Waals surface area (Å²) < 4.78 is 64.1. The van der Waals surface area contributed by atoms with E-state index in [1.165, 1.54) is 0 Å². The van der Waals surface area contributed by atoms with Crippen LogP contribution < -0.4 is 0 Å². The number of alkyl halides is 4. The third kappa shape index (κ3) is 4.43. The Morgan fingerprint density at radius 1 is 1.25 bits per heavy atom. The third-order valence-corrected chi connectivity index (χ3v) is 3.13. The van der Waals surface area contributed by atoms with Crippen molar-refractivity contribution in [3.63, 3.8) is 0 Å². The minimum absolute atomic E-state index is 0.0482. The van der Waals surface area contributed by atoms with E-state index in [0.29, 0.717) is 11.0 Å². The minimum atomic E-state index is -4.62. The highest BCUT2D eigenvalue weighted by Crippen LogP contribution is 2.26. The smallest absolute Gasteiger partial charge is 0.326 e. The summed E-state index contributed by atoms with van der Waals surface area (Å²) in [5.41, 5.74) is -0.0482. The Labute approximate surface area is 120 Å². The van der Waals surface area contributed by atoms with Crippen molar-refractivity contribution in [2.75, 3.05) is 5.33 Å². The van der Waals surface area contributed by atoms with E-state index >= 15 is 0 Å². The number of carbonyl (C=O) groups excluding carboxylic acids is 1. The van der Waals surface area contributed by atoms with Crippen LogP contribution in [0.15, 0.2) is 18.2 Å². The molecular formula is C12H11BrF5NO. The summed E-state index contributed by atoms with van der Waals surface area (Å²) in [6.07, 6.45) is -4.62. The first kappa shape index (κ1) is 16.9. The van der Waals surface area contributed by atoms with Crippen LogP contribution >= 0.6 is 15.9 Å². The Morgan fingerprint density at radius 2 is 1.75 bits per heavy atom. The third-order valence-electron chi connectivity index (χ3n) is 2.65. The normalized spacial score (nSPS) is 13.2. The van der Waals surface area contributed by atoms with Gasteiger partial charge in [0.2, 0.25) is 5.91 Å². The van der Waals surface area contributed by atoms with E-state index in [1.54, 1.807) is 0 Å². The van der Waals surface area contributed by atoms with Crippen LogP contribution in [-0.4, -0.2) is 28.4 Å². The topological polar surface area (TPSA) is 20.3 Å². The molecule has 0 fully saturated rings. The van der Waals surface area contributed by atoms with Crippen LogP contribution in [0.25, 0.3) is 0 Å². The predicted octanol–water partition coefficient (Wildman–Crippen LogP) is 3.64. The highest BCUT2D eigenvalue weighted by atomic mass is 79.9. The second kappa shape index (κ2) is 6.51. The zero-order valence-electron chi connectivity index (χ0n) is 10.3. The molecule has 1 rings (SSSR count). The van der Waals surface area contributed by atoms with Crippen molar-refractivity contribution >= 4 is 21.8 Å². The molecule has 1 aromatic rings. The van der Waals surface area contributed by atoms with Crippen LogP contribution in [0.1, 0.15) is 12.5 Å². The zero-order chi connectivity index (χ0) is 15.5. The van der Waals surface area contributed by atoms with Crippen molar-refractivity contribution in [1.82, 2.24) is 4.90 Å². The van der Waals surface area contributed by atoms with Crippen LogP contribution in [0.4, 0.5) is 22.0 Å². The molecule has 0 aromatic heterocycles. The molecule has 0 N–H and O–H groups in total. The standard InChI is InChI=1S/C12H11BrF5NO/c1-7(12(16,17)18)19(11(20)5-13)6-8-2-9(14)4-10(15)3-8/h2-4,7H,5-6H2,1H3. The van der Waals surface area contributed by atoms with Crippen LogP contribution in [-0.2, 0) is 11.3 Å². The molecule has 0 aliphatic carbocycles. The van der Waals surface area contributed by atoms with Gasteiger partial charge in [0, 0.05) is 12.6 Å². The summed E-state index contributed by atoms with van der Waals surface area (Å²) in [7, 11) is 0. The fraction of sp³-hybridized carbons (Fsp3) is 0.417. The average molecular weight is 360 g/mol. The largest absolute Gasteiger partial charge is 0.408 e. The van der Waals surface area contributed by atoms with E-state index in [9.17, 15) is 26.7 Å². The Morgan fingerprint density at radius 3 is 2.15 bits per heavy atom. The Bertz CT molecular complexity index is 471. The van der Waals surface area contributed by atoms with Gasteiger partial charge in [-0.1, -0.05) is 15.9 Å². The summed E-state index contributed by atoms with van der Waals surface area (Å²) in [6.45, 7) is 0.288. The molecule has 112 valence electrons. The first-order valence-corrected chi connectivity index (χ1v) is 6.64. The first-order valence-electron chi connectivity index (χ1n) is 5.52. The molecule has 0 saturated heterocycles. The lowest BCUT2D eigenvalue weighted by molar-refractivity contribution is -0.186. The highest BCUT2D eigenvalue weighted by molar-refractivity contribution is 9.09. The molecule has 0 aliphatic rings. The van der Waals surface area contributed by atoms with Gasteiger partial charge in [-0.2, -0.15) is 13.2 Å². The molecular weight excluding hydrogens is 349 g/mol. The first-order chi connectivity index (χ1) is 9.15. The van der Waals surface area contributed by atoms with Gasteiger partial charge in [0.25, 0.3) is 0 Å². The van der Waals surface area contributed by atoms with Crippen molar-refractivity contribution in [3.8, 4) is 0 Å². The molecule has 0 aliphatic heterocycles. The molecule has 1 amide bonds. The van der Waals surface area contributed by atoms with Crippen LogP contribution in [0, 0.1) is 11.6 Å². The second-order valence-corrected chi connectivity index (χ2v) is 4.71. The molecule has 1 aromatic carbocycles. The summed E-state index contributed by atoms with van der Waals surface area (Å²) in [5, 5.41) is -0.314. The maximum Gasteiger partial charge on any atom is 0.408 e. The molecule has 0 saturated carbocycles. The summed E-state index contributed by atoms with van der Waals surface area (Å²) in [4.78, 5) is 12.1. The molecule has 0 radical (unpaired) electrons. The number of rotatable bonds is 4. The average Bonchev–Trinajstić information content (AvgIpc) is 2.32. The summed E-state index contributed by atoms with van der Waals surface area (Å²) in [6, 6.07) is 0.327. The van der Waals surface area contributed by atoms with Crippen molar-refractivity contribution in [3.05, 3.63) is 35.4 Å². The minimum Gasteiger partial charge on any atom is -0.326 e. The van der Waals surface area contributed by atoms with Crippen LogP contribution in [0.2, 0.25) is 0 Å². The zero-order valence-corrected chi connectivity index (χ0v) is 11.9. The lowest BCUT2D eigenvalue weighted by atomic mass is 10.1. The van der Waals surface area contributed by atoms with E-state index in [2.05, 4.69) is 15.9 Å². The molecule has 1 unspecified atom stereocenters. The highest BCUT2D eigenvalue weighted by Gasteiger charge is 2.41. The molecule has 0 heterocycles. The van der Waals surface area contributed by atoms with Gasteiger partial charge in [-0.25, -0.2) is 8.78 Å². The molecule has 2 nitrogen and oxygen atoms in total. The van der Waals surface area contributed by atoms with Gasteiger partial charge in [0.1, 0.15) is 17.7 Å². The van der Waals surface area contributed by atoms with Gasteiger partial charge in [0.15, 0.2) is 0 Å². The summed E-state index contributed by atoms with van der Waals surface area (Å²) >= 11 is 2.79. The number of carbonyl (C=O) groups is 1. The van der Waals surface area contributed by atoms with Crippen LogP contribution in [0.3, 0.4) is 0 Å². The lowest BCUT2D eigenvalue weighted by Gasteiger charge is -2.30. The fourth-order valence-electron chi connectivity index (χ4n) is 1.59. The molecule has 0 bridgehead atoms. The lowest BCUT2D eigenvalue weighted by Crippen LogP contribution is -2.47. The van der Waals surface area contributed by atoms with Gasteiger partial charge in [0.05, 0.1) is 5.33 Å². The SMILES string of the molecule is CC(N(Cc1cc(F)cc(F)c1)C(=O)CBr)C(F)(F)F. The van der Waals surface area contributed by atoms with E-state index in [1.807, 2.05) is 0 Å². The molecule has 1 atom stereocenters. The number of hydrogen-bond donors (Lipinski definition) is 0. The molecule has 20 heavy (non-hydrogen) atoms. The predicted molar refractivity (Wildman–Crippen MR) is 66.2 cm³/mol. The van der Waals surface area contributed by atoms with E-state index in [0.717, 1.165) is 19.1 Å². The van der Waals surface area contributed by atoms with Gasteiger partial charge < -0.3 is 4.90 Å². The van der Waals surface area contributed by atoms with Crippen molar-refractivity contribution in [2.45, 2.75) is 25.7 Å². The Balaban J connectivity index is 3.04. The molecule has 8 heteroatoms. The fourth-order valence-corrected chi connectivity index (χ4v) is 1.92. The number of hydrogen-bond acceptors (Lipinski definition) is 1. The molecule has 0 spiro atoms. The monoisotopic (exact) mass is 359 g/mol. The Hall–Kier alpha value is -1.18. The van der Waals surface area contributed by atoms with Crippen molar-refractivity contribution in [2.24, 2.45) is 0 Å². The van der Waals surface area contributed by atoms with Crippen molar-refractivity contribution in [1.29, 1.82) is 0 Å². The number of halogens is 6. The maximum atomic E-state index is 13.0. The maximum absolute atomic E-state index is 13.0. The van der Waals surface area contributed by atoms with Gasteiger partial charge in [-0.05, 0) is 24.6 Å². The Kier molecular flexibility index (Phi) is 5.50. The van der Waals surface area contributed by atoms with E-state index < -0.39 is 36.3 Å². The number of benzene rings is 1. The van der Waals surface area contributed by atoms with Gasteiger partial charge >= 0.3 is 6.18 Å². The van der Waals surface area contributed by atoms with Gasteiger partial charge in [-0.3, -0.25) is 4.79 Å². The quantitative estimate of drug-likeness (QED) is 0.593. The number of amides is 1. The van der Waals surface area contributed by atoms with E-state index in [4.69, 9.17) is 0 Å². The summed E-state index contributed by atoms with van der Waals surface area (Å²) in [5.74, 6) is -2.64. The number of nitrogens with zero attached hydrogens (tertiary/aromatic N) is 1. The van der Waals surface area contributed by atoms with Crippen LogP contribution in [0.5, 0.6) is 0 Å². The van der Waals surface area contributed by atoms with Crippen molar-refractivity contribution < 1.29 is 26.7 Å². The van der Waals surface area contributed by atoms with Gasteiger partial charge in [-0.15, -0.1) is 0 Å².